The van der Waals surface area contributed by atoms with E-state index >= 15 is 0 Å². The first kappa shape index (κ1) is 18.9. The number of halogens is 3. The number of hydrogen-bond acceptors (Lipinski definition) is 4. The van der Waals surface area contributed by atoms with E-state index in [1.165, 1.54) is 41.3 Å². The molecule has 0 aliphatic heterocycles. The van der Waals surface area contributed by atoms with E-state index in [9.17, 15) is 18.0 Å². The summed E-state index contributed by atoms with van der Waals surface area (Å²) in [6.45, 7) is 1.74. The van der Waals surface area contributed by atoms with Crippen molar-refractivity contribution in [2.45, 2.75) is 13.3 Å². The average molecular weight is 388 g/mol. The molecule has 1 heterocycles. The lowest BCUT2D eigenvalue weighted by Crippen LogP contribution is -2.17. The third-order valence-electron chi connectivity index (χ3n) is 3.68. The highest BCUT2D eigenvalue weighted by atomic mass is 19.4. The van der Waals surface area contributed by atoms with E-state index in [1.807, 2.05) is 0 Å². The molecule has 0 bridgehead atoms. The summed E-state index contributed by atoms with van der Waals surface area (Å²) in [7, 11) is 0. The maximum Gasteiger partial charge on any atom is 0.573 e. The second-order valence-corrected chi connectivity index (χ2v) is 5.58. The number of rotatable bonds is 4. The van der Waals surface area contributed by atoms with Crippen LogP contribution in [0.2, 0.25) is 0 Å². The zero-order valence-electron chi connectivity index (χ0n) is 14.3. The molecule has 2 aromatic carbocycles. The molecule has 142 valence electrons. The molecule has 3 rings (SSSR count). The average Bonchev–Trinajstić information content (AvgIpc) is 3.11. The Morgan fingerprint density at radius 3 is 2.54 bits per heavy atom. The molecule has 0 fully saturated rings. The highest BCUT2D eigenvalue weighted by Crippen LogP contribution is 2.25. The third kappa shape index (κ3) is 4.27. The fourth-order valence-electron chi connectivity index (χ4n) is 2.46. The van der Waals surface area contributed by atoms with E-state index in [-0.39, 0.29) is 11.3 Å². The predicted octanol–water partition coefficient (Wildman–Crippen LogP) is 4.59. The quantitative estimate of drug-likeness (QED) is 0.370. The molecule has 0 spiro atoms. The van der Waals surface area contributed by atoms with Gasteiger partial charge in [-0.05, 0) is 53.5 Å². The Kier molecular flexibility index (Phi) is 5.01. The van der Waals surface area contributed by atoms with Crippen molar-refractivity contribution < 1.29 is 22.7 Å². The lowest BCUT2D eigenvalue weighted by atomic mass is 10.0. The van der Waals surface area contributed by atoms with Crippen LogP contribution >= 0.6 is 0 Å². The first-order valence-corrected chi connectivity index (χ1v) is 7.75. The van der Waals surface area contributed by atoms with Crippen molar-refractivity contribution in [2.75, 3.05) is 0 Å². The molecule has 0 radical (unpaired) electrons. The zero-order chi connectivity index (χ0) is 20.3. The molecule has 11 heteroatoms. The van der Waals surface area contributed by atoms with E-state index in [0.717, 1.165) is 0 Å². The molecule has 0 aliphatic carbocycles. The van der Waals surface area contributed by atoms with Gasteiger partial charge < -0.3 is 4.74 Å². The van der Waals surface area contributed by atoms with Gasteiger partial charge in [-0.15, -0.1) is 18.3 Å². The molecule has 1 amide bonds. The first-order chi connectivity index (χ1) is 13.3. The van der Waals surface area contributed by atoms with Crippen LogP contribution < -0.4 is 4.74 Å². The molecular formula is C17H11F3N6O2. The fraction of sp³-hybridized carbons (Fsp3) is 0.118. The van der Waals surface area contributed by atoms with Gasteiger partial charge in [0.15, 0.2) is 5.82 Å². The number of benzene rings is 2. The molecule has 0 aliphatic rings. The Balaban J connectivity index is 1.84. The molecule has 1 aromatic heterocycles. The van der Waals surface area contributed by atoms with Gasteiger partial charge in [-0.1, -0.05) is 12.1 Å². The molecule has 8 nitrogen and oxygen atoms in total. The summed E-state index contributed by atoms with van der Waals surface area (Å²) in [5.74, 6) is -0.680. The van der Waals surface area contributed by atoms with Gasteiger partial charge in [-0.3, -0.25) is 4.79 Å². The van der Waals surface area contributed by atoms with E-state index in [0.29, 0.717) is 22.6 Å². The second-order valence-electron chi connectivity index (χ2n) is 5.58. The molecule has 0 saturated heterocycles. The molecular weight excluding hydrogens is 377 g/mol. The number of alkyl halides is 3. The molecule has 3 aromatic rings. The predicted molar refractivity (Wildman–Crippen MR) is 91.7 cm³/mol. The van der Waals surface area contributed by atoms with Gasteiger partial charge in [0, 0.05) is 16.0 Å². The van der Waals surface area contributed by atoms with Crippen molar-refractivity contribution in [1.82, 2.24) is 14.8 Å². The number of amides is 1. The number of aromatic nitrogens is 3. The van der Waals surface area contributed by atoms with Crippen molar-refractivity contribution in [3.8, 4) is 22.8 Å². The highest BCUT2D eigenvalue weighted by molar-refractivity contribution is 5.95. The minimum atomic E-state index is -4.76. The zero-order valence-corrected chi connectivity index (χ0v) is 14.3. The number of carbonyl (C=O) groups excluding carboxylic acids is 1. The Hall–Kier alpha value is -3.85. The summed E-state index contributed by atoms with van der Waals surface area (Å²) in [6.07, 6.45) is -3.35. The summed E-state index contributed by atoms with van der Waals surface area (Å²) in [6, 6.07) is 9.83. The van der Waals surface area contributed by atoms with Crippen molar-refractivity contribution in [3.63, 3.8) is 0 Å². The van der Waals surface area contributed by atoms with Crippen LogP contribution in [0, 0.1) is 6.92 Å². The summed E-state index contributed by atoms with van der Waals surface area (Å²) >= 11 is 0. The second kappa shape index (κ2) is 7.41. The number of aryl methyl sites for hydroxylation is 1. The van der Waals surface area contributed by atoms with Crippen molar-refractivity contribution >= 4 is 5.91 Å². The van der Waals surface area contributed by atoms with Crippen LogP contribution in [0.25, 0.3) is 27.5 Å². The molecule has 0 N–H and O–H groups in total. The van der Waals surface area contributed by atoms with Crippen LogP contribution in [-0.4, -0.2) is 27.0 Å². The maximum absolute atomic E-state index is 12.2. The maximum atomic E-state index is 12.2. The van der Waals surface area contributed by atoms with E-state index in [4.69, 9.17) is 5.53 Å². The van der Waals surface area contributed by atoms with Crippen LogP contribution in [0.5, 0.6) is 5.75 Å². The number of carbonyl (C=O) groups is 1. The van der Waals surface area contributed by atoms with Gasteiger partial charge in [0.2, 0.25) is 5.91 Å². The van der Waals surface area contributed by atoms with Gasteiger partial charge in [-0.25, -0.2) is 9.67 Å². The number of nitrogens with zero attached hydrogens (tertiary/aromatic N) is 6. The Labute approximate surface area is 155 Å². The Morgan fingerprint density at radius 1 is 1.21 bits per heavy atom. The van der Waals surface area contributed by atoms with E-state index in [2.05, 4.69) is 24.8 Å². The minimum absolute atomic E-state index is 0.235. The monoisotopic (exact) mass is 388 g/mol. The van der Waals surface area contributed by atoms with Gasteiger partial charge in [0.25, 0.3) is 0 Å². The first-order valence-electron chi connectivity index (χ1n) is 7.75. The van der Waals surface area contributed by atoms with E-state index in [1.54, 1.807) is 19.1 Å². The lowest BCUT2D eigenvalue weighted by molar-refractivity contribution is -0.274. The third-order valence-corrected chi connectivity index (χ3v) is 3.68. The highest BCUT2D eigenvalue weighted by Gasteiger charge is 2.31. The Morgan fingerprint density at radius 2 is 1.93 bits per heavy atom. The lowest BCUT2D eigenvalue weighted by Gasteiger charge is -2.09. The van der Waals surface area contributed by atoms with Crippen molar-refractivity contribution in [3.05, 3.63) is 70.4 Å². The Bertz CT molecular complexity index is 1070. The van der Waals surface area contributed by atoms with Crippen LogP contribution in [0.3, 0.4) is 0 Å². The fourth-order valence-corrected chi connectivity index (χ4v) is 2.46. The van der Waals surface area contributed by atoms with E-state index < -0.39 is 12.3 Å². The topological polar surface area (TPSA) is 106 Å². The molecule has 28 heavy (non-hydrogen) atoms. The van der Waals surface area contributed by atoms with Gasteiger partial charge >= 0.3 is 6.36 Å². The smallest absolute Gasteiger partial charge is 0.406 e. The number of hydrogen-bond donors (Lipinski definition) is 0. The van der Waals surface area contributed by atoms with Crippen LogP contribution in [0.15, 0.2) is 53.9 Å². The summed E-state index contributed by atoms with van der Waals surface area (Å²) in [5, 5.41) is 7.34. The largest absolute Gasteiger partial charge is 0.573 e. The van der Waals surface area contributed by atoms with Crippen LogP contribution in [0.4, 0.5) is 13.2 Å². The summed E-state index contributed by atoms with van der Waals surface area (Å²) < 4.78 is 41.9. The SMILES string of the molecule is Cc1cc(C(=O)N=[N+]=[N-])ccc1-c1ncn(-c2ccc(OC(F)(F)F)cc2)n1. The summed E-state index contributed by atoms with van der Waals surface area (Å²) in [4.78, 5) is 18.3. The standard InChI is InChI=1S/C17H11F3N6O2/c1-10-8-11(16(27)23-25-21)2-7-14(10)15-22-9-26(24-15)12-3-5-13(6-4-12)28-17(18,19)20/h2-9H,1H3. The van der Waals surface area contributed by atoms with Gasteiger partial charge in [-0.2, -0.15) is 0 Å². The number of ether oxygens (including phenoxy) is 1. The minimum Gasteiger partial charge on any atom is -0.406 e. The van der Waals surface area contributed by atoms with Gasteiger partial charge in [0.05, 0.1) is 5.69 Å². The normalized spacial score (nSPS) is 11.0. The molecule has 0 unspecified atom stereocenters. The van der Waals surface area contributed by atoms with Crippen LogP contribution in [-0.2, 0) is 0 Å². The number of azide groups is 1. The van der Waals surface area contributed by atoms with Crippen LogP contribution in [0.1, 0.15) is 15.9 Å². The van der Waals surface area contributed by atoms with Crippen molar-refractivity contribution in [1.29, 1.82) is 0 Å². The molecule has 0 saturated carbocycles. The van der Waals surface area contributed by atoms with Gasteiger partial charge in [0.1, 0.15) is 12.1 Å². The summed E-state index contributed by atoms with van der Waals surface area (Å²) in [5.41, 5.74) is 10.4. The van der Waals surface area contributed by atoms with Crippen molar-refractivity contribution in [2.24, 2.45) is 5.11 Å². The molecule has 0 atom stereocenters.